The maximum Gasteiger partial charge on any atom is 0.410 e. The number of nitrogens with zero attached hydrogens (tertiary/aromatic N) is 2. The number of nitrogens with one attached hydrogen (secondary N) is 1. The number of hydrogen-bond acceptors (Lipinski definition) is 5. The van der Waals surface area contributed by atoms with Gasteiger partial charge in [-0.15, -0.1) is 0 Å². The first kappa shape index (κ1) is 18.2. The molecule has 1 atom stereocenters. The third kappa shape index (κ3) is 5.49. The summed E-state index contributed by atoms with van der Waals surface area (Å²) in [4.78, 5) is 29.0. The highest BCUT2D eigenvalue weighted by atomic mass is 16.6. The molecule has 2 rings (SSSR count). The standard InChI is InChI=1S/C17H25N3O4/c1-17(2,3)24-16(23)20-8-4-5-13(11-20)19-10-14-9-12(15(21)22)6-7-18-14/h6-7,9,13,19H,4-5,8,10-11H2,1-3H3,(H,21,22). The van der Waals surface area contributed by atoms with Crippen molar-refractivity contribution < 1.29 is 19.4 Å². The van der Waals surface area contributed by atoms with Crippen LogP contribution >= 0.6 is 0 Å². The highest BCUT2D eigenvalue weighted by molar-refractivity contribution is 5.87. The number of piperidine rings is 1. The fraction of sp³-hybridized carbons (Fsp3) is 0.588. The van der Waals surface area contributed by atoms with Crippen molar-refractivity contribution in [3.8, 4) is 0 Å². The van der Waals surface area contributed by atoms with Crippen LogP contribution in [0.1, 0.15) is 49.7 Å². The molecule has 0 aromatic carbocycles. The second-order valence-electron chi connectivity index (χ2n) is 6.99. The molecule has 0 saturated carbocycles. The minimum atomic E-state index is -0.965. The van der Waals surface area contributed by atoms with E-state index in [1.165, 1.54) is 12.3 Å². The lowest BCUT2D eigenvalue weighted by Gasteiger charge is -2.34. The van der Waals surface area contributed by atoms with Crippen molar-refractivity contribution in [1.29, 1.82) is 0 Å². The van der Waals surface area contributed by atoms with E-state index in [9.17, 15) is 9.59 Å². The Hall–Kier alpha value is -2.15. The molecule has 7 nitrogen and oxygen atoms in total. The molecule has 1 amide bonds. The topological polar surface area (TPSA) is 91.8 Å². The lowest BCUT2D eigenvalue weighted by Crippen LogP contribution is -2.49. The van der Waals surface area contributed by atoms with Gasteiger partial charge in [-0.1, -0.05) is 0 Å². The van der Waals surface area contributed by atoms with E-state index in [4.69, 9.17) is 9.84 Å². The molecule has 1 fully saturated rings. The lowest BCUT2D eigenvalue weighted by atomic mass is 10.1. The Morgan fingerprint density at radius 1 is 1.46 bits per heavy atom. The zero-order valence-corrected chi connectivity index (χ0v) is 14.4. The molecule has 0 bridgehead atoms. The van der Waals surface area contributed by atoms with Crippen LogP contribution in [0.3, 0.4) is 0 Å². The Bertz CT molecular complexity index is 598. The maximum absolute atomic E-state index is 12.2. The van der Waals surface area contributed by atoms with E-state index in [0.717, 1.165) is 12.8 Å². The third-order valence-corrected chi connectivity index (χ3v) is 3.71. The summed E-state index contributed by atoms with van der Waals surface area (Å²) in [6.07, 6.45) is 3.06. The van der Waals surface area contributed by atoms with Gasteiger partial charge in [0.15, 0.2) is 0 Å². The van der Waals surface area contributed by atoms with Crippen LogP contribution in [0.5, 0.6) is 0 Å². The van der Waals surface area contributed by atoms with Gasteiger partial charge in [-0.2, -0.15) is 0 Å². The van der Waals surface area contributed by atoms with Crippen LogP contribution in [-0.4, -0.2) is 51.8 Å². The molecule has 0 aliphatic carbocycles. The number of pyridine rings is 1. The number of rotatable bonds is 4. The minimum absolute atomic E-state index is 0.140. The van der Waals surface area contributed by atoms with Gasteiger partial charge in [0, 0.05) is 31.9 Å². The van der Waals surface area contributed by atoms with Crippen molar-refractivity contribution in [3.63, 3.8) is 0 Å². The quantitative estimate of drug-likeness (QED) is 0.877. The van der Waals surface area contributed by atoms with E-state index in [0.29, 0.717) is 25.3 Å². The second kappa shape index (κ2) is 7.61. The van der Waals surface area contributed by atoms with Crippen molar-refractivity contribution >= 4 is 12.1 Å². The number of hydrogen-bond donors (Lipinski definition) is 2. The summed E-state index contributed by atoms with van der Waals surface area (Å²) in [7, 11) is 0. The monoisotopic (exact) mass is 335 g/mol. The predicted molar refractivity (Wildman–Crippen MR) is 88.9 cm³/mol. The van der Waals surface area contributed by atoms with Crippen LogP contribution in [0.25, 0.3) is 0 Å². The molecule has 0 radical (unpaired) electrons. The molecule has 1 unspecified atom stereocenters. The van der Waals surface area contributed by atoms with E-state index >= 15 is 0 Å². The van der Waals surface area contributed by atoms with Crippen molar-refractivity contribution in [2.24, 2.45) is 0 Å². The van der Waals surface area contributed by atoms with E-state index in [1.54, 1.807) is 11.0 Å². The fourth-order valence-corrected chi connectivity index (χ4v) is 2.59. The molecule has 2 heterocycles. The molecule has 2 N–H and O–H groups in total. The Balaban J connectivity index is 1.88. The number of carboxylic acids is 1. The second-order valence-corrected chi connectivity index (χ2v) is 6.99. The van der Waals surface area contributed by atoms with Gasteiger partial charge in [-0.25, -0.2) is 9.59 Å². The van der Waals surface area contributed by atoms with Gasteiger partial charge in [0.2, 0.25) is 0 Å². The molecule has 1 aromatic rings. The highest BCUT2D eigenvalue weighted by Gasteiger charge is 2.27. The Labute approximate surface area is 142 Å². The number of amides is 1. The summed E-state index contributed by atoms with van der Waals surface area (Å²) in [5.74, 6) is -0.965. The van der Waals surface area contributed by atoms with Gasteiger partial charge in [-0.05, 0) is 45.7 Å². The summed E-state index contributed by atoms with van der Waals surface area (Å²) in [6.45, 7) is 7.30. The van der Waals surface area contributed by atoms with Crippen molar-refractivity contribution in [2.75, 3.05) is 13.1 Å². The Kier molecular flexibility index (Phi) is 5.77. The van der Waals surface area contributed by atoms with Gasteiger partial charge >= 0.3 is 12.1 Å². The highest BCUT2D eigenvalue weighted by Crippen LogP contribution is 2.15. The zero-order chi connectivity index (χ0) is 17.7. The summed E-state index contributed by atoms with van der Waals surface area (Å²) < 4.78 is 5.41. The molecule has 1 aromatic heterocycles. The number of aromatic carboxylic acids is 1. The number of carboxylic acid groups (broad SMARTS) is 1. The van der Waals surface area contributed by atoms with Crippen LogP contribution in [0, 0.1) is 0 Å². The maximum atomic E-state index is 12.2. The molecule has 24 heavy (non-hydrogen) atoms. The Morgan fingerprint density at radius 2 is 2.21 bits per heavy atom. The van der Waals surface area contributed by atoms with Crippen molar-refractivity contribution in [3.05, 3.63) is 29.6 Å². The number of ether oxygens (including phenoxy) is 1. The van der Waals surface area contributed by atoms with E-state index < -0.39 is 11.6 Å². The molecular formula is C17H25N3O4. The zero-order valence-electron chi connectivity index (χ0n) is 14.4. The van der Waals surface area contributed by atoms with Crippen LogP contribution in [-0.2, 0) is 11.3 Å². The normalized spacial score (nSPS) is 18.3. The van der Waals surface area contributed by atoms with Crippen molar-refractivity contribution in [2.45, 2.75) is 51.8 Å². The molecule has 132 valence electrons. The van der Waals surface area contributed by atoms with Crippen molar-refractivity contribution in [1.82, 2.24) is 15.2 Å². The van der Waals surface area contributed by atoms with Gasteiger partial charge in [0.05, 0.1) is 11.3 Å². The molecule has 7 heteroatoms. The summed E-state index contributed by atoms with van der Waals surface area (Å²) in [5, 5.41) is 12.4. The summed E-state index contributed by atoms with van der Waals surface area (Å²) >= 11 is 0. The average Bonchev–Trinajstić information content (AvgIpc) is 2.52. The molecule has 1 aliphatic rings. The number of aromatic nitrogens is 1. The number of carbonyl (C=O) groups excluding carboxylic acids is 1. The van der Waals surface area contributed by atoms with Gasteiger partial charge in [0.1, 0.15) is 5.60 Å². The summed E-state index contributed by atoms with van der Waals surface area (Å²) in [5.41, 5.74) is 0.392. The smallest absolute Gasteiger partial charge is 0.410 e. The van der Waals surface area contributed by atoms with E-state index in [2.05, 4.69) is 10.3 Å². The first-order valence-corrected chi connectivity index (χ1v) is 8.14. The number of likely N-dealkylation sites (tertiary alicyclic amines) is 1. The van der Waals surface area contributed by atoms with E-state index in [1.807, 2.05) is 20.8 Å². The van der Waals surface area contributed by atoms with Crippen LogP contribution < -0.4 is 5.32 Å². The number of carbonyl (C=O) groups is 2. The first-order chi connectivity index (χ1) is 11.2. The molecule has 1 aliphatic heterocycles. The first-order valence-electron chi connectivity index (χ1n) is 8.14. The minimum Gasteiger partial charge on any atom is -0.478 e. The fourth-order valence-electron chi connectivity index (χ4n) is 2.59. The Morgan fingerprint density at radius 3 is 2.88 bits per heavy atom. The van der Waals surface area contributed by atoms with Gasteiger partial charge < -0.3 is 20.1 Å². The SMILES string of the molecule is CC(C)(C)OC(=O)N1CCCC(NCc2cc(C(=O)O)ccn2)C1. The van der Waals surface area contributed by atoms with Gasteiger partial charge in [0.25, 0.3) is 0 Å². The largest absolute Gasteiger partial charge is 0.478 e. The van der Waals surface area contributed by atoms with Gasteiger partial charge in [-0.3, -0.25) is 4.98 Å². The van der Waals surface area contributed by atoms with Crippen LogP contribution in [0.15, 0.2) is 18.3 Å². The average molecular weight is 335 g/mol. The lowest BCUT2D eigenvalue weighted by molar-refractivity contribution is 0.0187. The molecule has 0 spiro atoms. The molecular weight excluding hydrogens is 310 g/mol. The van der Waals surface area contributed by atoms with Crippen LogP contribution in [0.2, 0.25) is 0 Å². The third-order valence-electron chi connectivity index (χ3n) is 3.71. The summed E-state index contributed by atoms with van der Waals surface area (Å²) in [6, 6.07) is 3.17. The van der Waals surface area contributed by atoms with E-state index in [-0.39, 0.29) is 17.7 Å². The predicted octanol–water partition coefficient (Wildman–Crippen LogP) is 2.27. The van der Waals surface area contributed by atoms with Crippen LogP contribution in [0.4, 0.5) is 4.79 Å². The molecule has 1 saturated heterocycles.